The topological polar surface area (TPSA) is 59.8 Å². The van der Waals surface area contributed by atoms with Gasteiger partial charge in [-0.2, -0.15) is 0 Å². The molecule has 0 spiro atoms. The fourth-order valence-electron chi connectivity index (χ4n) is 4.21. The monoisotopic (exact) mass is 457 g/mol. The first kappa shape index (κ1) is 18.5. The van der Waals surface area contributed by atoms with Crippen molar-refractivity contribution in [3.63, 3.8) is 0 Å². The first-order valence-corrected chi connectivity index (χ1v) is 10.3. The third kappa shape index (κ3) is 3.09. The fourth-order valence-corrected chi connectivity index (χ4v) is 4.63. The van der Waals surface area contributed by atoms with E-state index in [9.17, 15) is 14.0 Å². The molecule has 5 nitrogen and oxygen atoms in total. The van der Waals surface area contributed by atoms with Gasteiger partial charge in [0.1, 0.15) is 11.4 Å². The lowest BCUT2D eigenvalue weighted by molar-refractivity contribution is 0.0486. The van der Waals surface area contributed by atoms with Gasteiger partial charge >= 0.3 is 0 Å². The van der Waals surface area contributed by atoms with Gasteiger partial charge in [0.2, 0.25) is 5.76 Å². The molecule has 0 unspecified atom stereocenters. The van der Waals surface area contributed by atoms with Crippen LogP contribution in [0.25, 0.3) is 11.0 Å². The largest absolute Gasteiger partial charge is 0.450 e. The van der Waals surface area contributed by atoms with Gasteiger partial charge in [0.05, 0.1) is 23.1 Å². The van der Waals surface area contributed by atoms with Crippen molar-refractivity contribution in [2.75, 3.05) is 13.2 Å². The summed E-state index contributed by atoms with van der Waals surface area (Å²) in [6.45, 7) is 1.03. The second-order valence-electron chi connectivity index (χ2n) is 7.36. The molecule has 0 N–H and O–H groups in total. The van der Waals surface area contributed by atoms with E-state index in [-0.39, 0.29) is 39.7 Å². The summed E-state index contributed by atoms with van der Waals surface area (Å²) < 4.78 is 26.2. The minimum absolute atomic E-state index is 0.0251. The molecule has 7 heteroatoms. The maximum Gasteiger partial charge on any atom is 0.291 e. The number of carbonyl (C=O) groups is 1. The Hall–Kier alpha value is -2.51. The van der Waals surface area contributed by atoms with Crippen molar-refractivity contribution in [1.82, 2.24) is 4.90 Å². The van der Waals surface area contributed by atoms with E-state index < -0.39 is 11.9 Å². The van der Waals surface area contributed by atoms with E-state index >= 15 is 0 Å². The molecule has 2 aliphatic rings. The van der Waals surface area contributed by atoms with Crippen LogP contribution in [0.2, 0.25) is 0 Å². The Bertz CT molecular complexity index is 1190. The molecule has 1 amide bonds. The minimum Gasteiger partial charge on any atom is -0.450 e. The van der Waals surface area contributed by atoms with Crippen molar-refractivity contribution < 1.29 is 18.3 Å². The van der Waals surface area contributed by atoms with Crippen LogP contribution < -0.4 is 5.43 Å². The highest BCUT2D eigenvalue weighted by molar-refractivity contribution is 9.10. The van der Waals surface area contributed by atoms with Crippen molar-refractivity contribution in [2.45, 2.75) is 25.0 Å². The minimum atomic E-state index is -0.608. The Labute approximate surface area is 174 Å². The molecule has 0 aliphatic carbocycles. The molecule has 2 atom stereocenters. The molecule has 1 fully saturated rings. The maximum atomic E-state index is 13.8. The average molecular weight is 458 g/mol. The zero-order chi connectivity index (χ0) is 20.1. The molecular formula is C22H17BrFNO4. The lowest BCUT2D eigenvalue weighted by atomic mass is 9.98. The number of hydrogen-bond donors (Lipinski definition) is 0. The molecule has 1 aromatic heterocycles. The summed E-state index contributed by atoms with van der Waals surface area (Å²) in [5, 5.41) is 0.135. The van der Waals surface area contributed by atoms with Gasteiger partial charge in [-0.15, -0.1) is 0 Å². The van der Waals surface area contributed by atoms with Gasteiger partial charge in [-0.1, -0.05) is 28.1 Å². The van der Waals surface area contributed by atoms with Gasteiger partial charge in [0.15, 0.2) is 5.43 Å². The third-order valence-corrected chi connectivity index (χ3v) is 6.01. The summed E-state index contributed by atoms with van der Waals surface area (Å²) >= 11 is 3.46. The van der Waals surface area contributed by atoms with Crippen molar-refractivity contribution in [2.24, 2.45) is 0 Å². The zero-order valence-electron chi connectivity index (χ0n) is 15.4. The zero-order valence-corrected chi connectivity index (χ0v) is 16.9. The Kier molecular flexibility index (Phi) is 4.52. The molecule has 2 aliphatic heterocycles. The number of carbonyl (C=O) groups excluding carboxylic acids is 1. The molecule has 148 valence electrons. The van der Waals surface area contributed by atoms with E-state index in [1.807, 2.05) is 24.3 Å². The van der Waals surface area contributed by atoms with Crippen LogP contribution in [0.15, 0.2) is 56.1 Å². The number of amides is 1. The normalized spacial score (nSPS) is 21.2. The Morgan fingerprint density at radius 3 is 2.79 bits per heavy atom. The Morgan fingerprint density at radius 2 is 2.03 bits per heavy atom. The number of halogens is 2. The van der Waals surface area contributed by atoms with E-state index in [0.29, 0.717) is 13.2 Å². The molecule has 3 heterocycles. The van der Waals surface area contributed by atoms with Crippen LogP contribution in [0.5, 0.6) is 0 Å². The molecule has 0 saturated carbocycles. The number of hydrogen-bond acceptors (Lipinski definition) is 4. The first-order valence-electron chi connectivity index (χ1n) is 9.47. The number of rotatable bonds is 3. The molecule has 5 rings (SSSR count). The van der Waals surface area contributed by atoms with Crippen LogP contribution >= 0.6 is 15.9 Å². The van der Waals surface area contributed by atoms with Crippen molar-refractivity contribution in [1.29, 1.82) is 0 Å². The summed E-state index contributed by atoms with van der Waals surface area (Å²) in [6.07, 6.45) is 1.73. The number of fused-ring (bicyclic) bond motifs is 2. The van der Waals surface area contributed by atoms with E-state index in [4.69, 9.17) is 9.15 Å². The maximum absolute atomic E-state index is 13.8. The number of nitrogens with zero attached hydrogens (tertiary/aromatic N) is 1. The fraction of sp³-hybridized carbons (Fsp3) is 0.273. The Balaban J connectivity index is 1.72. The molecule has 0 radical (unpaired) electrons. The molecular weight excluding hydrogens is 441 g/mol. The molecule has 29 heavy (non-hydrogen) atoms. The van der Waals surface area contributed by atoms with Gasteiger partial charge in [-0.3, -0.25) is 9.59 Å². The quantitative estimate of drug-likeness (QED) is 0.583. The van der Waals surface area contributed by atoms with Crippen LogP contribution in [0.1, 0.15) is 40.6 Å². The number of benzene rings is 2. The molecule has 0 bridgehead atoms. The summed E-state index contributed by atoms with van der Waals surface area (Å²) in [5.41, 5.74) is 0.862. The highest BCUT2D eigenvalue weighted by Crippen LogP contribution is 2.39. The van der Waals surface area contributed by atoms with E-state index in [0.717, 1.165) is 28.9 Å². The van der Waals surface area contributed by atoms with Crippen LogP contribution in [-0.2, 0) is 4.74 Å². The summed E-state index contributed by atoms with van der Waals surface area (Å²) in [5.74, 6) is -0.842. The second-order valence-corrected chi connectivity index (χ2v) is 8.28. The molecule has 3 aromatic rings. The highest BCUT2D eigenvalue weighted by atomic mass is 79.9. The standard InChI is InChI=1S/C22H17BrFNO4/c23-13-4-1-3-12(9-13)19-18-20(26)16-10-14(24)6-7-17(16)29-21(18)22(27)25(19)11-15-5-2-8-28-15/h1,3-4,6-7,9-10,15,19H,2,5,8,11H2/t15-,19+/m1/s1. The first-order chi connectivity index (χ1) is 14.0. The van der Waals surface area contributed by atoms with Crippen LogP contribution in [-0.4, -0.2) is 30.1 Å². The van der Waals surface area contributed by atoms with E-state index in [2.05, 4.69) is 15.9 Å². The summed E-state index contributed by atoms with van der Waals surface area (Å²) in [4.78, 5) is 28.2. The van der Waals surface area contributed by atoms with Crippen LogP contribution in [0, 0.1) is 5.82 Å². The second kappa shape index (κ2) is 7.07. The summed E-state index contributed by atoms with van der Waals surface area (Å²) in [6, 6.07) is 10.6. The third-order valence-electron chi connectivity index (χ3n) is 5.52. The number of ether oxygens (including phenoxy) is 1. The van der Waals surface area contributed by atoms with Gasteiger partial charge in [0.25, 0.3) is 5.91 Å². The average Bonchev–Trinajstić information content (AvgIpc) is 3.31. The van der Waals surface area contributed by atoms with Gasteiger partial charge < -0.3 is 14.1 Å². The van der Waals surface area contributed by atoms with Crippen molar-refractivity contribution in [3.05, 3.63) is 79.9 Å². The van der Waals surface area contributed by atoms with Gasteiger partial charge in [-0.05, 0) is 48.7 Å². The smallest absolute Gasteiger partial charge is 0.291 e. The lowest BCUT2D eigenvalue weighted by Crippen LogP contribution is -2.36. The summed E-state index contributed by atoms with van der Waals surface area (Å²) in [7, 11) is 0. The highest BCUT2D eigenvalue weighted by Gasteiger charge is 2.43. The van der Waals surface area contributed by atoms with Crippen molar-refractivity contribution >= 4 is 32.8 Å². The van der Waals surface area contributed by atoms with Gasteiger partial charge in [-0.25, -0.2) is 4.39 Å². The van der Waals surface area contributed by atoms with Crippen LogP contribution in [0.3, 0.4) is 0 Å². The molecule has 2 aromatic carbocycles. The SMILES string of the molecule is O=C1c2oc3ccc(F)cc3c(=O)c2[C@H](c2cccc(Br)c2)N1C[C@H]1CCCO1. The van der Waals surface area contributed by atoms with E-state index in [1.165, 1.54) is 12.1 Å². The van der Waals surface area contributed by atoms with Crippen LogP contribution in [0.4, 0.5) is 4.39 Å². The van der Waals surface area contributed by atoms with Gasteiger partial charge in [0, 0.05) is 17.6 Å². The Morgan fingerprint density at radius 1 is 1.17 bits per heavy atom. The predicted molar refractivity (Wildman–Crippen MR) is 108 cm³/mol. The van der Waals surface area contributed by atoms with E-state index in [1.54, 1.807) is 4.90 Å². The molecule has 1 saturated heterocycles. The predicted octanol–water partition coefficient (Wildman–Crippen LogP) is 4.42. The lowest BCUT2D eigenvalue weighted by Gasteiger charge is -2.27. The van der Waals surface area contributed by atoms with Crippen molar-refractivity contribution in [3.8, 4) is 0 Å².